The molecule has 0 aliphatic heterocycles. The summed E-state index contributed by atoms with van der Waals surface area (Å²) in [5, 5.41) is 7.44. The average Bonchev–Trinajstić information content (AvgIpc) is 3.18. The van der Waals surface area contributed by atoms with Crippen molar-refractivity contribution in [1.29, 1.82) is 0 Å². The van der Waals surface area contributed by atoms with Crippen molar-refractivity contribution in [3.8, 4) is 5.69 Å². The molecule has 0 radical (unpaired) electrons. The highest BCUT2D eigenvalue weighted by atomic mass is 16.1. The van der Waals surface area contributed by atoms with Crippen molar-refractivity contribution in [1.82, 2.24) is 20.1 Å². The van der Waals surface area contributed by atoms with Crippen molar-refractivity contribution in [3.05, 3.63) is 106 Å². The van der Waals surface area contributed by atoms with Crippen molar-refractivity contribution in [2.75, 3.05) is 6.54 Å². The van der Waals surface area contributed by atoms with Crippen LogP contribution in [-0.4, -0.2) is 27.2 Å². The number of hydrogen-bond acceptors (Lipinski definition) is 3. The molecular formula is C27H24N4O2. The van der Waals surface area contributed by atoms with Gasteiger partial charge in [-0.1, -0.05) is 36.4 Å². The highest BCUT2D eigenvalue weighted by Crippen LogP contribution is 2.23. The van der Waals surface area contributed by atoms with Gasteiger partial charge in [-0.3, -0.25) is 19.7 Å². The summed E-state index contributed by atoms with van der Waals surface area (Å²) in [7, 11) is 0. The molecule has 0 atom stereocenters. The predicted molar refractivity (Wildman–Crippen MR) is 131 cm³/mol. The number of carbonyl (C=O) groups is 1. The smallest absolute Gasteiger partial charge is 0.280 e. The fourth-order valence-corrected chi connectivity index (χ4v) is 4.01. The van der Waals surface area contributed by atoms with Gasteiger partial charge >= 0.3 is 0 Å². The van der Waals surface area contributed by atoms with Crippen molar-refractivity contribution < 1.29 is 4.79 Å². The van der Waals surface area contributed by atoms with Crippen LogP contribution in [0, 0.1) is 13.8 Å². The number of rotatable bonds is 5. The van der Waals surface area contributed by atoms with E-state index in [-0.39, 0.29) is 11.5 Å². The van der Waals surface area contributed by atoms with E-state index in [9.17, 15) is 9.59 Å². The maximum Gasteiger partial charge on any atom is 0.280 e. The van der Waals surface area contributed by atoms with E-state index in [2.05, 4.69) is 15.4 Å². The lowest BCUT2D eigenvalue weighted by atomic mass is 10.1. The van der Waals surface area contributed by atoms with Gasteiger partial charge in [-0.05, 0) is 67.3 Å². The molecule has 0 aliphatic rings. The molecule has 5 aromatic rings. The lowest BCUT2D eigenvalue weighted by Gasteiger charge is -2.07. The third-order valence-electron chi connectivity index (χ3n) is 6.08. The Kier molecular flexibility index (Phi) is 5.26. The predicted octanol–water partition coefficient (Wildman–Crippen LogP) is 4.46. The molecule has 0 unspecified atom stereocenters. The van der Waals surface area contributed by atoms with Crippen LogP contribution in [0.3, 0.4) is 0 Å². The number of pyridine rings is 1. The van der Waals surface area contributed by atoms with Crippen LogP contribution in [0.4, 0.5) is 0 Å². The number of nitrogens with zero attached hydrogens (tertiary/aromatic N) is 2. The molecule has 0 spiro atoms. The molecule has 1 amide bonds. The summed E-state index contributed by atoms with van der Waals surface area (Å²) in [6, 6.07) is 21.3. The van der Waals surface area contributed by atoms with Crippen LogP contribution in [0.2, 0.25) is 0 Å². The van der Waals surface area contributed by atoms with E-state index in [0.717, 1.165) is 34.1 Å². The lowest BCUT2D eigenvalue weighted by molar-refractivity contribution is 0.0954. The van der Waals surface area contributed by atoms with E-state index in [1.807, 2.05) is 68.4 Å². The number of hydrogen-bond donors (Lipinski definition) is 2. The number of carbonyl (C=O) groups excluding carboxylic acids is 1. The van der Waals surface area contributed by atoms with Crippen LogP contribution in [0.1, 0.15) is 27.0 Å². The van der Waals surface area contributed by atoms with E-state index < -0.39 is 0 Å². The maximum absolute atomic E-state index is 13.1. The Morgan fingerprint density at radius 3 is 2.58 bits per heavy atom. The zero-order chi connectivity index (χ0) is 22.9. The number of aromatic amines is 1. The zero-order valence-corrected chi connectivity index (χ0v) is 18.6. The first-order valence-electron chi connectivity index (χ1n) is 10.9. The first-order valence-corrected chi connectivity index (χ1v) is 10.9. The van der Waals surface area contributed by atoms with Gasteiger partial charge < -0.3 is 5.32 Å². The number of nitrogens with one attached hydrogen (secondary N) is 2. The third-order valence-corrected chi connectivity index (χ3v) is 6.08. The van der Waals surface area contributed by atoms with Gasteiger partial charge in [0.05, 0.1) is 22.1 Å². The summed E-state index contributed by atoms with van der Waals surface area (Å²) in [5.41, 5.74) is 5.96. The second kappa shape index (κ2) is 8.39. The Morgan fingerprint density at radius 1 is 0.970 bits per heavy atom. The van der Waals surface area contributed by atoms with Gasteiger partial charge in [0.25, 0.3) is 11.5 Å². The van der Waals surface area contributed by atoms with Crippen LogP contribution in [0.15, 0.2) is 77.7 Å². The maximum atomic E-state index is 13.1. The molecule has 6 heteroatoms. The summed E-state index contributed by atoms with van der Waals surface area (Å²) in [5.74, 6) is -0.152. The molecule has 33 heavy (non-hydrogen) atoms. The van der Waals surface area contributed by atoms with E-state index in [1.165, 1.54) is 10.2 Å². The Labute approximate surface area is 190 Å². The summed E-state index contributed by atoms with van der Waals surface area (Å²) >= 11 is 0. The monoisotopic (exact) mass is 436 g/mol. The van der Waals surface area contributed by atoms with E-state index in [1.54, 1.807) is 18.3 Å². The highest BCUT2D eigenvalue weighted by Gasteiger charge is 2.14. The first-order chi connectivity index (χ1) is 16.0. The molecule has 2 heterocycles. The molecule has 0 aliphatic carbocycles. The molecule has 0 bridgehead atoms. The molecule has 0 fully saturated rings. The molecule has 2 N–H and O–H groups in total. The minimum atomic E-state index is -0.166. The van der Waals surface area contributed by atoms with Gasteiger partial charge in [0.2, 0.25) is 0 Å². The summed E-state index contributed by atoms with van der Waals surface area (Å²) in [4.78, 5) is 30.3. The van der Waals surface area contributed by atoms with Crippen LogP contribution in [0.5, 0.6) is 0 Å². The molecule has 164 valence electrons. The minimum absolute atomic E-state index is 0.152. The van der Waals surface area contributed by atoms with E-state index in [0.29, 0.717) is 23.0 Å². The number of amides is 1. The van der Waals surface area contributed by atoms with Crippen molar-refractivity contribution in [2.24, 2.45) is 0 Å². The molecule has 0 saturated heterocycles. The number of H-pyrrole nitrogens is 1. The highest BCUT2D eigenvalue weighted by molar-refractivity contribution is 6.06. The number of benzene rings is 3. The fraction of sp³-hybridized carbons (Fsp3) is 0.148. The molecular weight excluding hydrogens is 412 g/mol. The Balaban J connectivity index is 1.48. The molecule has 6 nitrogen and oxygen atoms in total. The average molecular weight is 437 g/mol. The second-order valence-electron chi connectivity index (χ2n) is 8.29. The van der Waals surface area contributed by atoms with E-state index in [4.69, 9.17) is 0 Å². The third kappa shape index (κ3) is 3.91. The fourth-order valence-electron chi connectivity index (χ4n) is 4.01. The van der Waals surface area contributed by atoms with Crippen LogP contribution in [-0.2, 0) is 6.42 Å². The van der Waals surface area contributed by atoms with Gasteiger partial charge in [-0.15, -0.1) is 0 Å². The lowest BCUT2D eigenvalue weighted by Crippen LogP contribution is -2.25. The zero-order valence-electron chi connectivity index (χ0n) is 18.6. The number of aromatic nitrogens is 3. The van der Waals surface area contributed by atoms with E-state index >= 15 is 0 Å². The molecule has 5 rings (SSSR count). The SMILES string of the molecule is Cc1ccc(-n2[nH]c3c(cnc4ccc(C(=O)NCCc5ccccc5)cc43)c2=O)cc1C. The van der Waals surface area contributed by atoms with Crippen LogP contribution in [0.25, 0.3) is 27.5 Å². The molecule has 0 saturated carbocycles. The normalized spacial score (nSPS) is 11.2. The number of aryl methyl sites for hydroxylation is 2. The second-order valence-corrected chi connectivity index (χ2v) is 8.29. The Hall–Kier alpha value is -4.19. The van der Waals surface area contributed by atoms with Gasteiger partial charge in [-0.2, -0.15) is 0 Å². The van der Waals surface area contributed by atoms with Gasteiger partial charge in [-0.25, -0.2) is 4.68 Å². The first kappa shape index (κ1) is 20.7. The molecule has 3 aromatic carbocycles. The number of fused-ring (bicyclic) bond motifs is 3. The topological polar surface area (TPSA) is 79.8 Å². The van der Waals surface area contributed by atoms with Gasteiger partial charge in [0, 0.05) is 23.7 Å². The summed E-state index contributed by atoms with van der Waals surface area (Å²) < 4.78 is 1.53. The summed E-state index contributed by atoms with van der Waals surface area (Å²) in [6.45, 7) is 4.60. The Bertz CT molecular complexity index is 1550. The standard InChI is InChI=1S/C27H24N4O2/c1-17-8-10-21(14-18(17)2)31-27(33)23-16-29-24-11-9-20(15-22(24)25(23)30-31)26(32)28-13-12-19-6-4-3-5-7-19/h3-11,14-16,30H,12-13H2,1-2H3,(H,28,32). The van der Waals surface area contributed by atoms with Crippen LogP contribution >= 0.6 is 0 Å². The van der Waals surface area contributed by atoms with Crippen molar-refractivity contribution in [2.45, 2.75) is 20.3 Å². The quantitative estimate of drug-likeness (QED) is 0.427. The van der Waals surface area contributed by atoms with Gasteiger partial charge in [0.15, 0.2) is 0 Å². The van der Waals surface area contributed by atoms with Crippen molar-refractivity contribution in [3.63, 3.8) is 0 Å². The van der Waals surface area contributed by atoms with Gasteiger partial charge in [0.1, 0.15) is 0 Å². The van der Waals surface area contributed by atoms with Crippen molar-refractivity contribution >= 4 is 27.7 Å². The largest absolute Gasteiger partial charge is 0.352 e. The minimum Gasteiger partial charge on any atom is -0.352 e. The summed E-state index contributed by atoms with van der Waals surface area (Å²) in [6.07, 6.45) is 2.35. The Morgan fingerprint density at radius 2 is 1.79 bits per heavy atom. The van der Waals surface area contributed by atoms with Crippen LogP contribution < -0.4 is 10.9 Å². The molecule has 2 aromatic heterocycles.